The van der Waals surface area contributed by atoms with Gasteiger partial charge in [-0.05, 0) is 31.6 Å². The Bertz CT molecular complexity index is 324. The zero-order valence-corrected chi connectivity index (χ0v) is 12.5. The van der Waals surface area contributed by atoms with Crippen molar-refractivity contribution >= 4 is 23.1 Å². The summed E-state index contributed by atoms with van der Waals surface area (Å²) in [6, 6.07) is 0.191. The van der Waals surface area contributed by atoms with Crippen molar-refractivity contribution in [1.29, 1.82) is 0 Å². The van der Waals surface area contributed by atoms with Gasteiger partial charge in [-0.1, -0.05) is 44.3 Å². The summed E-state index contributed by atoms with van der Waals surface area (Å²) in [5, 5.41) is 3.17. The first kappa shape index (κ1) is 14.8. The lowest BCUT2D eigenvalue weighted by Crippen LogP contribution is -2.42. The van der Waals surface area contributed by atoms with Crippen molar-refractivity contribution in [2.45, 2.75) is 70.3 Å². The van der Waals surface area contributed by atoms with Gasteiger partial charge in [-0.25, -0.2) is 0 Å². The Kier molecular flexibility index (Phi) is 5.61. The summed E-state index contributed by atoms with van der Waals surface area (Å²) >= 11 is 5.09. The normalized spacial score (nSPS) is 28.8. The number of carbonyl (C=O) groups is 1. The standard InChI is InChI=1S/C15H26N2OS/c16-15(19)12-8-5-9-13(12)17-14(18)10-11-6-3-1-2-4-7-11/h11-13H,1-10H2,(H2,16,19)(H,17,18). The molecule has 4 heteroatoms. The fourth-order valence-corrected chi connectivity index (χ4v) is 3.85. The summed E-state index contributed by atoms with van der Waals surface area (Å²) in [6.07, 6.45) is 11.6. The summed E-state index contributed by atoms with van der Waals surface area (Å²) in [4.78, 5) is 12.7. The Balaban J connectivity index is 1.78. The molecule has 2 unspecified atom stereocenters. The maximum Gasteiger partial charge on any atom is 0.220 e. The second-order valence-electron chi connectivity index (χ2n) is 6.18. The first-order valence-corrected chi connectivity index (χ1v) is 8.16. The van der Waals surface area contributed by atoms with E-state index in [1.54, 1.807) is 0 Å². The number of nitrogens with two attached hydrogens (primary N) is 1. The zero-order chi connectivity index (χ0) is 13.7. The lowest BCUT2D eigenvalue weighted by Gasteiger charge is -2.21. The minimum Gasteiger partial charge on any atom is -0.393 e. The fraction of sp³-hybridized carbons (Fsp3) is 0.867. The van der Waals surface area contributed by atoms with Crippen LogP contribution in [-0.4, -0.2) is 16.9 Å². The van der Waals surface area contributed by atoms with Crippen molar-refractivity contribution in [3.8, 4) is 0 Å². The molecule has 2 fully saturated rings. The van der Waals surface area contributed by atoms with E-state index in [-0.39, 0.29) is 17.9 Å². The third-order valence-electron chi connectivity index (χ3n) is 4.68. The third kappa shape index (κ3) is 4.44. The molecule has 3 nitrogen and oxygen atoms in total. The highest BCUT2D eigenvalue weighted by molar-refractivity contribution is 7.80. The van der Waals surface area contributed by atoms with Crippen molar-refractivity contribution in [2.75, 3.05) is 0 Å². The quantitative estimate of drug-likeness (QED) is 0.616. The molecule has 2 atom stereocenters. The number of thiocarbonyl (C=S) groups is 1. The number of amides is 1. The molecule has 0 aromatic carbocycles. The van der Waals surface area contributed by atoms with Gasteiger partial charge in [-0.15, -0.1) is 0 Å². The monoisotopic (exact) mass is 282 g/mol. The molecule has 3 N–H and O–H groups in total. The molecule has 0 saturated heterocycles. The van der Waals surface area contributed by atoms with Gasteiger partial charge in [0.1, 0.15) is 0 Å². The van der Waals surface area contributed by atoms with Crippen LogP contribution in [0.2, 0.25) is 0 Å². The van der Waals surface area contributed by atoms with Crippen molar-refractivity contribution in [3.63, 3.8) is 0 Å². The van der Waals surface area contributed by atoms with Crippen molar-refractivity contribution < 1.29 is 4.79 Å². The predicted octanol–water partition coefficient (Wildman–Crippen LogP) is 2.92. The van der Waals surface area contributed by atoms with E-state index in [0.717, 1.165) is 19.3 Å². The summed E-state index contributed by atoms with van der Waals surface area (Å²) in [5.41, 5.74) is 5.75. The molecule has 2 saturated carbocycles. The minimum absolute atomic E-state index is 0.191. The van der Waals surface area contributed by atoms with Crippen LogP contribution in [0.1, 0.15) is 64.2 Å². The minimum atomic E-state index is 0.191. The lowest BCUT2D eigenvalue weighted by atomic mass is 9.95. The molecule has 19 heavy (non-hydrogen) atoms. The number of nitrogens with one attached hydrogen (secondary N) is 1. The number of rotatable bonds is 4. The summed E-state index contributed by atoms with van der Waals surface area (Å²) < 4.78 is 0. The predicted molar refractivity (Wildman–Crippen MR) is 81.9 cm³/mol. The van der Waals surface area contributed by atoms with Crippen LogP contribution in [0.3, 0.4) is 0 Å². The highest BCUT2D eigenvalue weighted by atomic mass is 32.1. The largest absolute Gasteiger partial charge is 0.393 e. The van der Waals surface area contributed by atoms with Gasteiger partial charge >= 0.3 is 0 Å². The van der Waals surface area contributed by atoms with E-state index in [4.69, 9.17) is 18.0 Å². The Morgan fingerprint density at radius 2 is 1.74 bits per heavy atom. The summed E-state index contributed by atoms with van der Waals surface area (Å²) in [6.45, 7) is 0. The van der Waals surface area contributed by atoms with Crippen molar-refractivity contribution in [2.24, 2.45) is 17.6 Å². The van der Waals surface area contributed by atoms with Crippen LogP contribution in [0.25, 0.3) is 0 Å². The van der Waals surface area contributed by atoms with Gasteiger partial charge in [0.15, 0.2) is 0 Å². The molecule has 0 aliphatic heterocycles. The Labute approximate surface area is 121 Å². The number of carbonyl (C=O) groups excluding carboxylic acids is 1. The molecular weight excluding hydrogens is 256 g/mol. The van der Waals surface area contributed by atoms with Crippen LogP contribution in [0, 0.1) is 11.8 Å². The van der Waals surface area contributed by atoms with Gasteiger partial charge in [0.2, 0.25) is 5.91 Å². The topological polar surface area (TPSA) is 55.1 Å². The van der Waals surface area contributed by atoms with Gasteiger partial charge in [-0.3, -0.25) is 4.79 Å². The van der Waals surface area contributed by atoms with Crippen LogP contribution in [0.15, 0.2) is 0 Å². The third-order valence-corrected chi connectivity index (χ3v) is 4.98. The molecule has 1 amide bonds. The van der Waals surface area contributed by atoms with Gasteiger partial charge in [-0.2, -0.15) is 0 Å². The van der Waals surface area contributed by atoms with Gasteiger partial charge in [0, 0.05) is 18.4 Å². The molecule has 0 bridgehead atoms. The maximum absolute atomic E-state index is 12.2. The van der Waals surface area contributed by atoms with Gasteiger partial charge in [0.05, 0.1) is 4.99 Å². The van der Waals surface area contributed by atoms with E-state index in [1.807, 2.05) is 0 Å². The summed E-state index contributed by atoms with van der Waals surface area (Å²) in [7, 11) is 0. The Morgan fingerprint density at radius 3 is 2.37 bits per heavy atom. The molecule has 2 aliphatic carbocycles. The fourth-order valence-electron chi connectivity index (χ4n) is 3.57. The first-order chi connectivity index (χ1) is 9.16. The molecule has 0 aromatic heterocycles. The van der Waals surface area contributed by atoms with Crippen LogP contribution >= 0.6 is 12.2 Å². The number of hydrogen-bond acceptors (Lipinski definition) is 2. The molecular formula is C15H26N2OS. The van der Waals surface area contributed by atoms with E-state index in [9.17, 15) is 4.79 Å². The van der Waals surface area contributed by atoms with E-state index < -0.39 is 0 Å². The maximum atomic E-state index is 12.2. The van der Waals surface area contributed by atoms with E-state index in [1.165, 1.54) is 38.5 Å². The van der Waals surface area contributed by atoms with Crippen molar-refractivity contribution in [1.82, 2.24) is 5.32 Å². The average molecular weight is 282 g/mol. The van der Waals surface area contributed by atoms with Crippen molar-refractivity contribution in [3.05, 3.63) is 0 Å². The SMILES string of the molecule is NC(=S)C1CCCC1NC(=O)CC1CCCCCC1. The van der Waals surface area contributed by atoms with Gasteiger partial charge < -0.3 is 11.1 Å². The zero-order valence-electron chi connectivity index (χ0n) is 11.7. The van der Waals surface area contributed by atoms with Crippen LogP contribution in [0.4, 0.5) is 0 Å². The molecule has 0 spiro atoms. The van der Waals surface area contributed by atoms with Gasteiger partial charge in [0.25, 0.3) is 0 Å². The molecule has 2 rings (SSSR count). The van der Waals surface area contributed by atoms with Crippen LogP contribution in [-0.2, 0) is 4.79 Å². The Hall–Kier alpha value is -0.640. The second-order valence-corrected chi connectivity index (χ2v) is 6.65. The first-order valence-electron chi connectivity index (χ1n) is 7.75. The summed E-state index contributed by atoms with van der Waals surface area (Å²) in [5.74, 6) is 1.01. The average Bonchev–Trinajstić information content (AvgIpc) is 2.66. The molecule has 0 aromatic rings. The highest BCUT2D eigenvalue weighted by Gasteiger charge is 2.30. The van der Waals surface area contributed by atoms with E-state index in [0.29, 0.717) is 17.3 Å². The molecule has 0 radical (unpaired) electrons. The number of hydrogen-bond donors (Lipinski definition) is 2. The molecule has 0 heterocycles. The van der Waals surface area contributed by atoms with E-state index in [2.05, 4.69) is 5.32 Å². The smallest absolute Gasteiger partial charge is 0.220 e. The molecule has 2 aliphatic rings. The lowest BCUT2D eigenvalue weighted by molar-refractivity contribution is -0.122. The van der Waals surface area contributed by atoms with E-state index >= 15 is 0 Å². The highest BCUT2D eigenvalue weighted by Crippen LogP contribution is 2.28. The second kappa shape index (κ2) is 7.22. The van der Waals surface area contributed by atoms with Crippen LogP contribution in [0.5, 0.6) is 0 Å². The van der Waals surface area contributed by atoms with Crippen LogP contribution < -0.4 is 11.1 Å². The molecule has 108 valence electrons. The Morgan fingerprint density at radius 1 is 1.05 bits per heavy atom.